The molecule has 13 aromatic rings. The highest BCUT2D eigenvalue weighted by molar-refractivity contribution is 6.30. The molecule has 0 aliphatic rings. The molecule has 2 heteroatoms. The molecular weight excluding hydrogens is 823 g/mol. The molecule has 0 aliphatic heterocycles. The average Bonchev–Trinajstić information content (AvgIpc) is 3.98. The minimum atomic E-state index is 0.864. The van der Waals surface area contributed by atoms with Crippen molar-refractivity contribution in [2.75, 3.05) is 0 Å². The van der Waals surface area contributed by atoms with Crippen LogP contribution in [0.3, 0.4) is 0 Å². The van der Waals surface area contributed by atoms with E-state index in [1.165, 1.54) is 44.2 Å². The van der Waals surface area contributed by atoms with Gasteiger partial charge in [0.1, 0.15) is 11.2 Å². The van der Waals surface area contributed by atoms with Crippen LogP contribution in [0, 0.1) is 0 Å². The lowest BCUT2D eigenvalue weighted by molar-refractivity contribution is 0.669. The first kappa shape index (κ1) is 39.4. The molecule has 0 aliphatic carbocycles. The Balaban J connectivity index is 1.11. The highest BCUT2D eigenvalue weighted by atomic mass is 16.3. The van der Waals surface area contributed by atoms with E-state index in [1.54, 1.807) is 0 Å². The molecule has 0 unspecified atom stereocenters. The Bertz CT molecular complexity index is 3860. The van der Waals surface area contributed by atoms with Gasteiger partial charge < -0.3 is 8.98 Å². The van der Waals surface area contributed by atoms with E-state index in [2.05, 4.69) is 265 Å². The van der Waals surface area contributed by atoms with E-state index in [4.69, 9.17) is 4.42 Å². The number of aromatic nitrogens is 1. The first-order valence-corrected chi connectivity index (χ1v) is 23.3. The summed E-state index contributed by atoms with van der Waals surface area (Å²) in [5, 5.41) is 4.62. The molecule has 68 heavy (non-hydrogen) atoms. The van der Waals surface area contributed by atoms with Gasteiger partial charge in [0.2, 0.25) is 0 Å². The minimum absolute atomic E-state index is 0.864. The predicted molar refractivity (Wildman–Crippen MR) is 286 cm³/mol. The second kappa shape index (κ2) is 16.5. The van der Waals surface area contributed by atoms with Crippen molar-refractivity contribution in [3.63, 3.8) is 0 Å². The number of fused-ring (bicyclic) bond motifs is 7. The Morgan fingerprint density at radius 2 is 0.706 bits per heavy atom. The summed E-state index contributed by atoms with van der Waals surface area (Å²) in [7, 11) is 0. The van der Waals surface area contributed by atoms with Crippen LogP contribution in [0.4, 0.5) is 0 Å². The van der Waals surface area contributed by atoms with Gasteiger partial charge in [-0.2, -0.15) is 0 Å². The predicted octanol–water partition coefficient (Wildman–Crippen LogP) is 18.4. The molecule has 2 nitrogen and oxygen atoms in total. The lowest BCUT2D eigenvalue weighted by Crippen LogP contribution is -1.93. The number of para-hydroxylation sites is 2. The van der Waals surface area contributed by atoms with Gasteiger partial charge in [0, 0.05) is 27.2 Å². The van der Waals surface area contributed by atoms with E-state index in [0.29, 0.717) is 0 Å². The second-order valence-electron chi connectivity index (χ2n) is 17.6. The summed E-state index contributed by atoms with van der Waals surface area (Å²) in [6.45, 7) is 0. The summed E-state index contributed by atoms with van der Waals surface area (Å²) in [6, 6.07) is 94.5. The Morgan fingerprint density at radius 3 is 1.26 bits per heavy atom. The summed E-state index contributed by atoms with van der Waals surface area (Å²) in [6.07, 6.45) is 0. The monoisotopic (exact) mass is 865 g/mol. The van der Waals surface area contributed by atoms with Crippen LogP contribution in [0.1, 0.15) is 0 Å². The van der Waals surface area contributed by atoms with E-state index in [0.717, 1.165) is 83.2 Å². The van der Waals surface area contributed by atoms with E-state index < -0.39 is 0 Å². The lowest BCUT2D eigenvalue weighted by Gasteiger charge is -2.18. The number of benzene rings is 11. The molecule has 0 N–H and O–H groups in total. The molecule has 0 amide bonds. The van der Waals surface area contributed by atoms with Gasteiger partial charge in [-0.25, -0.2) is 0 Å². The molecule has 0 spiro atoms. The Morgan fingerprint density at radius 1 is 0.235 bits per heavy atom. The maximum Gasteiger partial charge on any atom is 0.136 e. The molecule has 13 rings (SSSR count). The topological polar surface area (TPSA) is 18.1 Å². The number of hydrogen-bond donors (Lipinski definition) is 0. The normalized spacial score (nSPS) is 11.5. The SMILES string of the molecule is c1ccc(-c2cc(-c3ccccc3)cc(-c3ccc(-c4cccc5oc6ccc7c(c8ccccc8n7-c7ccccc7)c6c45)c(-c4cc(-c5ccccc5)cc(-c5ccccc5)c4)c3)c2)cc1. The minimum Gasteiger partial charge on any atom is -0.456 e. The number of hydrogen-bond acceptors (Lipinski definition) is 1. The van der Waals surface area contributed by atoms with Gasteiger partial charge >= 0.3 is 0 Å². The first-order chi connectivity index (χ1) is 33.7. The van der Waals surface area contributed by atoms with Crippen molar-refractivity contribution in [2.24, 2.45) is 0 Å². The van der Waals surface area contributed by atoms with Crippen LogP contribution in [0.15, 0.2) is 265 Å². The maximum absolute atomic E-state index is 6.88. The van der Waals surface area contributed by atoms with Crippen molar-refractivity contribution in [3.05, 3.63) is 261 Å². The fourth-order valence-corrected chi connectivity index (χ4v) is 10.4. The molecule has 0 radical (unpaired) electrons. The van der Waals surface area contributed by atoms with Crippen molar-refractivity contribution in [3.8, 4) is 83.6 Å². The van der Waals surface area contributed by atoms with Crippen LogP contribution in [-0.4, -0.2) is 4.57 Å². The van der Waals surface area contributed by atoms with Gasteiger partial charge in [-0.15, -0.1) is 0 Å². The van der Waals surface area contributed by atoms with E-state index in [-0.39, 0.29) is 0 Å². The van der Waals surface area contributed by atoms with Crippen LogP contribution in [0.2, 0.25) is 0 Å². The summed E-state index contributed by atoms with van der Waals surface area (Å²) >= 11 is 0. The second-order valence-corrected chi connectivity index (χ2v) is 17.6. The van der Waals surface area contributed by atoms with E-state index in [1.807, 2.05) is 0 Å². The summed E-state index contributed by atoms with van der Waals surface area (Å²) < 4.78 is 9.27. The zero-order chi connectivity index (χ0) is 45.0. The standard InChI is InChI=1S/C66H43NO/c1-6-19-44(20-7-1)49-37-50(45-21-8-2-9-22-45)40-53(39-49)48-33-34-56(59(43-48)54-41-51(46-23-10-3-11-24-46)38-52(42-54)47-25-12-4-13-26-47)57-30-18-32-62-65(57)66-63(68-62)36-35-61-64(66)58-29-16-17-31-60(58)67(61)55-27-14-5-15-28-55/h1-43H. The molecule has 0 saturated heterocycles. The molecule has 0 saturated carbocycles. The fourth-order valence-electron chi connectivity index (χ4n) is 10.4. The quantitative estimate of drug-likeness (QED) is 0.149. The van der Waals surface area contributed by atoms with Crippen LogP contribution in [0.25, 0.3) is 127 Å². The number of rotatable bonds is 8. The number of furan rings is 1. The van der Waals surface area contributed by atoms with Crippen molar-refractivity contribution >= 4 is 43.7 Å². The van der Waals surface area contributed by atoms with Gasteiger partial charge in [0.25, 0.3) is 0 Å². The van der Waals surface area contributed by atoms with Crippen molar-refractivity contribution < 1.29 is 4.42 Å². The molecule has 2 aromatic heterocycles. The number of nitrogens with zero attached hydrogens (tertiary/aromatic N) is 1. The Kier molecular flexibility index (Phi) is 9.54. The zero-order valence-electron chi connectivity index (χ0n) is 37.2. The largest absolute Gasteiger partial charge is 0.456 e. The summed E-state index contributed by atoms with van der Waals surface area (Å²) in [5.74, 6) is 0. The molecule has 0 atom stereocenters. The smallest absolute Gasteiger partial charge is 0.136 e. The van der Waals surface area contributed by atoms with Gasteiger partial charge in [-0.3, -0.25) is 0 Å². The van der Waals surface area contributed by atoms with Gasteiger partial charge in [-0.05, 0) is 157 Å². The molecular formula is C66H43NO. The van der Waals surface area contributed by atoms with Crippen LogP contribution >= 0.6 is 0 Å². The highest BCUT2D eigenvalue weighted by Crippen LogP contribution is 2.48. The average molecular weight is 866 g/mol. The molecule has 0 bridgehead atoms. The van der Waals surface area contributed by atoms with Gasteiger partial charge in [0.15, 0.2) is 0 Å². The van der Waals surface area contributed by atoms with Gasteiger partial charge in [0.05, 0.1) is 11.0 Å². The van der Waals surface area contributed by atoms with Crippen LogP contribution in [0.5, 0.6) is 0 Å². The molecule has 318 valence electrons. The third kappa shape index (κ3) is 6.82. The highest BCUT2D eigenvalue weighted by Gasteiger charge is 2.23. The Hall–Kier alpha value is -8.98. The molecule has 0 fully saturated rings. The zero-order valence-corrected chi connectivity index (χ0v) is 37.2. The summed E-state index contributed by atoms with van der Waals surface area (Å²) in [4.78, 5) is 0. The van der Waals surface area contributed by atoms with Crippen molar-refractivity contribution in [1.82, 2.24) is 4.57 Å². The summed E-state index contributed by atoms with van der Waals surface area (Å²) in [5.41, 5.74) is 21.4. The van der Waals surface area contributed by atoms with E-state index in [9.17, 15) is 0 Å². The molecule has 11 aromatic carbocycles. The Labute approximate surface area is 395 Å². The third-order valence-electron chi connectivity index (χ3n) is 13.6. The van der Waals surface area contributed by atoms with Crippen molar-refractivity contribution in [1.29, 1.82) is 0 Å². The van der Waals surface area contributed by atoms with Gasteiger partial charge in [-0.1, -0.05) is 182 Å². The maximum atomic E-state index is 6.88. The van der Waals surface area contributed by atoms with Crippen LogP contribution < -0.4 is 0 Å². The fraction of sp³-hybridized carbons (Fsp3) is 0. The third-order valence-corrected chi connectivity index (χ3v) is 13.6. The lowest BCUT2D eigenvalue weighted by atomic mass is 9.86. The van der Waals surface area contributed by atoms with Crippen molar-refractivity contribution in [2.45, 2.75) is 0 Å². The first-order valence-electron chi connectivity index (χ1n) is 23.3. The molecule has 2 heterocycles. The van der Waals surface area contributed by atoms with Crippen LogP contribution in [-0.2, 0) is 0 Å². The van der Waals surface area contributed by atoms with E-state index >= 15 is 0 Å².